The standard InChI is InChI=1S/C13H30O4Si/c1-6-11-12-14-13(7-2)18(15-8-3,16-9-4)17-10-5/h13H,6-12H2,1-5H3. The molecule has 0 spiro atoms. The smallest absolute Gasteiger partial charge is 0.374 e. The van der Waals surface area contributed by atoms with Gasteiger partial charge >= 0.3 is 8.80 Å². The maximum atomic E-state index is 5.94. The van der Waals surface area contributed by atoms with E-state index in [2.05, 4.69) is 13.8 Å². The van der Waals surface area contributed by atoms with Crippen LogP contribution in [0.3, 0.4) is 0 Å². The second-order valence-corrected chi connectivity index (χ2v) is 6.74. The van der Waals surface area contributed by atoms with E-state index in [-0.39, 0.29) is 5.73 Å². The molecule has 0 saturated carbocycles. The molecule has 0 N–H and O–H groups in total. The summed E-state index contributed by atoms with van der Waals surface area (Å²) in [6, 6.07) is 0. The minimum absolute atomic E-state index is 0.0519. The van der Waals surface area contributed by atoms with Gasteiger partial charge in [0.25, 0.3) is 0 Å². The summed E-state index contributed by atoms with van der Waals surface area (Å²) in [4.78, 5) is 0. The van der Waals surface area contributed by atoms with Crippen molar-refractivity contribution in [2.24, 2.45) is 0 Å². The predicted octanol–water partition coefficient (Wildman–Crippen LogP) is 3.17. The lowest BCUT2D eigenvalue weighted by molar-refractivity contribution is -0.0119. The molecule has 110 valence electrons. The Labute approximate surface area is 113 Å². The van der Waals surface area contributed by atoms with Gasteiger partial charge in [0.2, 0.25) is 0 Å². The van der Waals surface area contributed by atoms with E-state index in [0.717, 1.165) is 25.9 Å². The molecule has 0 saturated heterocycles. The van der Waals surface area contributed by atoms with E-state index in [4.69, 9.17) is 18.0 Å². The summed E-state index contributed by atoms with van der Waals surface area (Å²) >= 11 is 0. The van der Waals surface area contributed by atoms with E-state index in [0.29, 0.717) is 19.8 Å². The van der Waals surface area contributed by atoms with E-state index in [1.54, 1.807) is 0 Å². The lowest BCUT2D eigenvalue weighted by Crippen LogP contribution is -2.57. The Morgan fingerprint density at radius 1 is 0.833 bits per heavy atom. The van der Waals surface area contributed by atoms with Crippen LogP contribution in [0.2, 0.25) is 0 Å². The molecular formula is C13H30O4Si. The first-order valence-electron chi connectivity index (χ1n) is 7.24. The fourth-order valence-electron chi connectivity index (χ4n) is 1.85. The highest BCUT2D eigenvalue weighted by Gasteiger charge is 2.49. The zero-order valence-corrected chi connectivity index (χ0v) is 13.7. The van der Waals surface area contributed by atoms with Crippen LogP contribution < -0.4 is 0 Å². The van der Waals surface area contributed by atoms with Gasteiger partial charge in [-0.05, 0) is 33.6 Å². The van der Waals surface area contributed by atoms with Crippen LogP contribution in [0.25, 0.3) is 0 Å². The van der Waals surface area contributed by atoms with Crippen LogP contribution in [0, 0.1) is 0 Å². The van der Waals surface area contributed by atoms with Crippen molar-refractivity contribution in [3.8, 4) is 0 Å². The summed E-state index contributed by atoms with van der Waals surface area (Å²) in [5, 5.41) is 0. The van der Waals surface area contributed by atoms with Crippen LogP contribution in [0.1, 0.15) is 53.9 Å². The minimum Gasteiger partial charge on any atom is -0.374 e. The van der Waals surface area contributed by atoms with Crippen LogP contribution in [0.4, 0.5) is 0 Å². The number of hydrogen-bond donors (Lipinski definition) is 0. The maximum Gasteiger partial charge on any atom is 0.531 e. The Balaban J connectivity index is 4.71. The summed E-state index contributed by atoms with van der Waals surface area (Å²) in [6.45, 7) is 12.7. The van der Waals surface area contributed by atoms with Gasteiger partial charge in [-0.15, -0.1) is 0 Å². The third-order valence-corrected chi connectivity index (χ3v) is 6.06. The highest BCUT2D eigenvalue weighted by Crippen LogP contribution is 2.21. The quantitative estimate of drug-likeness (QED) is 0.406. The van der Waals surface area contributed by atoms with E-state index < -0.39 is 8.80 Å². The second-order valence-electron chi connectivity index (χ2n) is 4.02. The van der Waals surface area contributed by atoms with Crippen molar-refractivity contribution in [2.45, 2.75) is 59.6 Å². The molecule has 0 aromatic rings. The second kappa shape index (κ2) is 10.9. The molecule has 18 heavy (non-hydrogen) atoms. The van der Waals surface area contributed by atoms with Gasteiger partial charge in [0.1, 0.15) is 5.73 Å². The van der Waals surface area contributed by atoms with E-state index in [9.17, 15) is 0 Å². The van der Waals surface area contributed by atoms with Crippen molar-refractivity contribution in [3.05, 3.63) is 0 Å². The Hall–Kier alpha value is 0.0569. The van der Waals surface area contributed by atoms with Crippen LogP contribution >= 0.6 is 0 Å². The highest BCUT2D eigenvalue weighted by molar-refractivity contribution is 6.62. The average molecular weight is 278 g/mol. The van der Waals surface area contributed by atoms with Gasteiger partial charge in [-0.3, -0.25) is 0 Å². The zero-order valence-electron chi connectivity index (χ0n) is 12.7. The lowest BCUT2D eigenvalue weighted by Gasteiger charge is -2.34. The Morgan fingerprint density at radius 2 is 1.33 bits per heavy atom. The largest absolute Gasteiger partial charge is 0.531 e. The van der Waals surface area contributed by atoms with Crippen molar-refractivity contribution >= 4 is 8.80 Å². The molecule has 0 aliphatic heterocycles. The summed E-state index contributed by atoms with van der Waals surface area (Å²) < 4.78 is 23.5. The molecule has 0 aromatic carbocycles. The van der Waals surface area contributed by atoms with Crippen molar-refractivity contribution in [1.82, 2.24) is 0 Å². The number of rotatable bonds is 12. The summed E-state index contributed by atoms with van der Waals surface area (Å²) in [5.41, 5.74) is -0.0519. The van der Waals surface area contributed by atoms with E-state index in [1.165, 1.54) is 0 Å². The molecule has 0 aliphatic carbocycles. The maximum absolute atomic E-state index is 5.94. The monoisotopic (exact) mass is 278 g/mol. The molecule has 0 fully saturated rings. The van der Waals surface area contributed by atoms with E-state index in [1.807, 2.05) is 20.8 Å². The molecule has 0 bridgehead atoms. The normalized spacial score (nSPS) is 13.8. The van der Waals surface area contributed by atoms with Crippen molar-refractivity contribution < 1.29 is 18.0 Å². The summed E-state index contributed by atoms with van der Waals surface area (Å²) in [5.74, 6) is 0. The Kier molecular flexibility index (Phi) is 11.0. The molecule has 0 rings (SSSR count). The SMILES string of the molecule is CCCCOC(CC)[Si](OCC)(OCC)OCC. The average Bonchev–Trinajstić information content (AvgIpc) is 2.35. The van der Waals surface area contributed by atoms with E-state index >= 15 is 0 Å². The first kappa shape index (κ1) is 18.1. The fourth-order valence-corrected chi connectivity index (χ4v) is 4.68. The summed E-state index contributed by atoms with van der Waals surface area (Å²) in [7, 11) is -2.70. The van der Waals surface area contributed by atoms with Gasteiger partial charge in [-0.1, -0.05) is 20.3 Å². The van der Waals surface area contributed by atoms with Crippen molar-refractivity contribution in [1.29, 1.82) is 0 Å². The molecule has 5 heteroatoms. The molecule has 0 amide bonds. The number of unbranched alkanes of at least 4 members (excludes halogenated alkanes) is 1. The molecule has 0 radical (unpaired) electrons. The molecule has 0 heterocycles. The molecule has 1 atom stereocenters. The fraction of sp³-hybridized carbons (Fsp3) is 1.00. The number of hydrogen-bond acceptors (Lipinski definition) is 4. The first-order chi connectivity index (χ1) is 8.70. The summed E-state index contributed by atoms with van der Waals surface area (Å²) in [6.07, 6.45) is 3.05. The molecule has 4 nitrogen and oxygen atoms in total. The van der Waals surface area contributed by atoms with Crippen LogP contribution in [-0.2, 0) is 18.0 Å². The predicted molar refractivity (Wildman–Crippen MR) is 75.6 cm³/mol. The third kappa shape index (κ3) is 5.80. The Bertz CT molecular complexity index is 173. The minimum atomic E-state index is -2.70. The van der Waals surface area contributed by atoms with Crippen molar-refractivity contribution in [2.75, 3.05) is 26.4 Å². The van der Waals surface area contributed by atoms with Gasteiger partial charge in [0.15, 0.2) is 0 Å². The topological polar surface area (TPSA) is 36.9 Å². The molecule has 0 aliphatic rings. The lowest BCUT2D eigenvalue weighted by atomic mass is 10.4. The molecule has 0 aromatic heterocycles. The highest BCUT2D eigenvalue weighted by atomic mass is 28.4. The van der Waals surface area contributed by atoms with Gasteiger partial charge < -0.3 is 18.0 Å². The Morgan fingerprint density at radius 3 is 1.67 bits per heavy atom. The zero-order chi connectivity index (χ0) is 13.9. The van der Waals surface area contributed by atoms with Crippen LogP contribution in [0.15, 0.2) is 0 Å². The van der Waals surface area contributed by atoms with Gasteiger partial charge in [0.05, 0.1) is 0 Å². The van der Waals surface area contributed by atoms with Gasteiger partial charge in [-0.2, -0.15) is 0 Å². The van der Waals surface area contributed by atoms with Gasteiger partial charge in [0, 0.05) is 26.4 Å². The molecular weight excluding hydrogens is 248 g/mol. The molecule has 1 unspecified atom stereocenters. The van der Waals surface area contributed by atoms with Crippen molar-refractivity contribution in [3.63, 3.8) is 0 Å². The third-order valence-electron chi connectivity index (χ3n) is 2.62. The number of ether oxygens (including phenoxy) is 1. The first-order valence-corrected chi connectivity index (χ1v) is 9.04. The van der Waals surface area contributed by atoms with Crippen LogP contribution in [0.5, 0.6) is 0 Å². The van der Waals surface area contributed by atoms with Gasteiger partial charge in [-0.25, -0.2) is 0 Å². The van der Waals surface area contributed by atoms with Crippen LogP contribution in [-0.4, -0.2) is 41.0 Å².